The van der Waals surface area contributed by atoms with Crippen LogP contribution < -0.4 is 5.32 Å². The van der Waals surface area contributed by atoms with E-state index in [1.54, 1.807) is 0 Å². The zero-order chi connectivity index (χ0) is 18.7. The first-order valence-corrected chi connectivity index (χ1v) is 8.97. The lowest BCUT2D eigenvalue weighted by molar-refractivity contribution is 0.0529. The van der Waals surface area contributed by atoms with E-state index in [0.717, 1.165) is 40.6 Å². The van der Waals surface area contributed by atoms with Crippen molar-refractivity contribution in [3.05, 3.63) is 35.0 Å². The van der Waals surface area contributed by atoms with Crippen LogP contribution in [0.4, 0.5) is 4.79 Å². The van der Waals surface area contributed by atoms with Gasteiger partial charge in [-0.05, 0) is 57.4 Å². The fraction of sp³-hybridized carbons (Fsp3) is 0.429. The Morgan fingerprint density at radius 3 is 2.88 bits per heavy atom. The molecule has 5 nitrogen and oxygen atoms in total. The fourth-order valence-electron chi connectivity index (χ4n) is 3.08. The minimum Gasteiger partial charge on any atom is -0.444 e. The molecule has 1 aromatic heterocycles. The summed E-state index contributed by atoms with van der Waals surface area (Å²) in [6.07, 6.45) is 2.57. The number of Topliss-reactive ketones (excluding diaryl/α,β-unsaturated/α-hetero) is 1. The van der Waals surface area contributed by atoms with Crippen LogP contribution in [-0.4, -0.2) is 29.0 Å². The monoisotopic (exact) mass is 352 g/mol. The molecule has 0 spiro atoms. The molecule has 0 fully saturated rings. The summed E-state index contributed by atoms with van der Waals surface area (Å²) in [5.74, 6) is 6.39. The third-order valence-electron chi connectivity index (χ3n) is 4.17. The predicted octanol–water partition coefficient (Wildman–Crippen LogP) is 3.95. The van der Waals surface area contributed by atoms with Crippen molar-refractivity contribution in [1.29, 1.82) is 0 Å². The van der Waals surface area contributed by atoms with Crippen LogP contribution in [0, 0.1) is 11.8 Å². The van der Waals surface area contributed by atoms with E-state index in [4.69, 9.17) is 4.74 Å². The summed E-state index contributed by atoms with van der Waals surface area (Å²) in [7, 11) is 0. The van der Waals surface area contributed by atoms with Crippen molar-refractivity contribution in [1.82, 2.24) is 10.3 Å². The maximum Gasteiger partial charge on any atom is 0.407 e. The number of rotatable bonds is 2. The van der Waals surface area contributed by atoms with Gasteiger partial charge >= 0.3 is 6.09 Å². The molecule has 2 N–H and O–H groups in total. The number of aryl methyl sites for hydroxylation is 1. The van der Waals surface area contributed by atoms with Crippen LogP contribution in [0.15, 0.2) is 18.2 Å². The number of fused-ring (bicyclic) bond motifs is 3. The number of carbonyl (C=O) groups excluding carboxylic acids is 2. The van der Waals surface area contributed by atoms with Gasteiger partial charge in [0.1, 0.15) is 5.60 Å². The summed E-state index contributed by atoms with van der Waals surface area (Å²) < 4.78 is 5.17. The molecule has 0 unspecified atom stereocenters. The van der Waals surface area contributed by atoms with Gasteiger partial charge in [-0.3, -0.25) is 4.79 Å². The lowest BCUT2D eigenvalue weighted by Crippen LogP contribution is -2.32. The Labute approximate surface area is 153 Å². The molecular weight excluding hydrogens is 328 g/mol. The van der Waals surface area contributed by atoms with Crippen molar-refractivity contribution in [2.75, 3.05) is 6.54 Å². The van der Waals surface area contributed by atoms with E-state index in [1.165, 1.54) is 0 Å². The molecule has 1 aliphatic rings. The SMILES string of the molecule is CC(C)(C)OC(=O)NCCC#Cc1ccc2[nH]c3c(c2c1)CCCC3=O. The third-order valence-corrected chi connectivity index (χ3v) is 4.17. The summed E-state index contributed by atoms with van der Waals surface area (Å²) in [6.45, 7) is 5.93. The molecule has 0 bridgehead atoms. The second-order valence-corrected chi connectivity index (χ2v) is 7.50. The highest BCUT2D eigenvalue weighted by molar-refractivity contribution is 6.03. The first kappa shape index (κ1) is 18.1. The Bertz CT molecular complexity index is 907. The van der Waals surface area contributed by atoms with Gasteiger partial charge in [0.2, 0.25) is 0 Å². The maximum absolute atomic E-state index is 12.0. The van der Waals surface area contributed by atoms with Crippen molar-refractivity contribution in [3.63, 3.8) is 0 Å². The number of hydrogen-bond acceptors (Lipinski definition) is 3. The largest absolute Gasteiger partial charge is 0.444 e. The second-order valence-electron chi connectivity index (χ2n) is 7.50. The van der Waals surface area contributed by atoms with Crippen LogP contribution in [0.1, 0.15) is 61.6 Å². The van der Waals surface area contributed by atoms with Gasteiger partial charge in [0.05, 0.1) is 5.69 Å². The lowest BCUT2D eigenvalue weighted by atomic mass is 9.94. The molecule has 1 amide bonds. The highest BCUT2D eigenvalue weighted by atomic mass is 16.6. The average molecular weight is 352 g/mol. The van der Waals surface area contributed by atoms with Gasteiger partial charge in [0.15, 0.2) is 5.78 Å². The summed E-state index contributed by atoms with van der Waals surface area (Å²) in [5.41, 5.74) is 3.28. The Morgan fingerprint density at radius 2 is 2.12 bits per heavy atom. The minimum atomic E-state index is -0.498. The van der Waals surface area contributed by atoms with Crippen molar-refractivity contribution >= 4 is 22.8 Å². The summed E-state index contributed by atoms with van der Waals surface area (Å²) >= 11 is 0. The lowest BCUT2D eigenvalue weighted by Gasteiger charge is -2.19. The molecule has 0 radical (unpaired) electrons. The molecule has 1 heterocycles. The van der Waals surface area contributed by atoms with E-state index in [1.807, 2.05) is 39.0 Å². The standard InChI is InChI=1S/C21H24N2O3/c1-21(2,3)26-20(25)22-12-5-4-7-14-10-11-17-16(13-14)15-8-6-9-18(24)19(15)23-17/h10-11,13,23H,5-6,8-9,12H2,1-3H3,(H,22,25). The zero-order valence-electron chi connectivity index (χ0n) is 15.5. The molecule has 0 saturated heterocycles. The molecule has 1 aromatic carbocycles. The highest BCUT2D eigenvalue weighted by Gasteiger charge is 2.21. The van der Waals surface area contributed by atoms with Gasteiger partial charge in [-0.1, -0.05) is 11.8 Å². The number of benzene rings is 1. The Balaban J connectivity index is 1.63. The quantitative estimate of drug-likeness (QED) is 0.635. The number of amides is 1. The summed E-state index contributed by atoms with van der Waals surface area (Å²) in [6, 6.07) is 5.96. The van der Waals surface area contributed by atoms with Crippen LogP contribution in [-0.2, 0) is 11.2 Å². The zero-order valence-corrected chi connectivity index (χ0v) is 15.5. The Kier molecular flexibility index (Phi) is 5.03. The predicted molar refractivity (Wildman–Crippen MR) is 101 cm³/mol. The minimum absolute atomic E-state index is 0.198. The number of ketones is 1. The van der Waals surface area contributed by atoms with Crippen LogP contribution in [0.5, 0.6) is 0 Å². The van der Waals surface area contributed by atoms with Crippen LogP contribution in [0.3, 0.4) is 0 Å². The number of hydrogen-bond donors (Lipinski definition) is 2. The molecule has 26 heavy (non-hydrogen) atoms. The normalized spacial score (nSPS) is 13.7. The van der Waals surface area contributed by atoms with E-state index >= 15 is 0 Å². The van der Waals surface area contributed by atoms with Crippen molar-refractivity contribution < 1.29 is 14.3 Å². The van der Waals surface area contributed by atoms with Crippen molar-refractivity contribution in [2.24, 2.45) is 0 Å². The number of ether oxygens (including phenoxy) is 1. The van der Waals surface area contributed by atoms with E-state index in [-0.39, 0.29) is 5.78 Å². The molecule has 3 rings (SSSR count). The van der Waals surface area contributed by atoms with Gasteiger partial charge in [-0.2, -0.15) is 0 Å². The topological polar surface area (TPSA) is 71.2 Å². The van der Waals surface area contributed by atoms with E-state index in [9.17, 15) is 9.59 Å². The number of carbonyl (C=O) groups is 2. The summed E-state index contributed by atoms with van der Waals surface area (Å²) in [4.78, 5) is 26.8. The second kappa shape index (κ2) is 7.25. The first-order valence-electron chi connectivity index (χ1n) is 8.97. The van der Waals surface area contributed by atoms with Gasteiger partial charge in [0.25, 0.3) is 0 Å². The fourth-order valence-corrected chi connectivity index (χ4v) is 3.08. The number of nitrogens with one attached hydrogen (secondary N) is 2. The molecule has 0 saturated carbocycles. The molecule has 5 heteroatoms. The average Bonchev–Trinajstić information content (AvgIpc) is 2.92. The van der Waals surface area contributed by atoms with E-state index in [0.29, 0.717) is 19.4 Å². The molecule has 0 aliphatic heterocycles. The van der Waals surface area contributed by atoms with E-state index in [2.05, 4.69) is 22.1 Å². The Hall–Kier alpha value is -2.74. The number of alkyl carbamates (subject to hydrolysis) is 1. The molecule has 136 valence electrons. The van der Waals surface area contributed by atoms with Gasteiger partial charge < -0.3 is 15.0 Å². The van der Waals surface area contributed by atoms with Crippen molar-refractivity contribution in [2.45, 2.75) is 52.1 Å². The number of H-pyrrole nitrogens is 1. The Morgan fingerprint density at radius 1 is 1.31 bits per heavy atom. The summed E-state index contributed by atoms with van der Waals surface area (Å²) in [5, 5.41) is 3.78. The highest BCUT2D eigenvalue weighted by Crippen LogP contribution is 2.29. The van der Waals surface area contributed by atoms with Crippen LogP contribution in [0.2, 0.25) is 0 Å². The maximum atomic E-state index is 12.0. The molecule has 2 aromatic rings. The molecule has 0 atom stereocenters. The van der Waals surface area contributed by atoms with Crippen molar-refractivity contribution in [3.8, 4) is 11.8 Å². The molecular formula is C21H24N2O3. The smallest absolute Gasteiger partial charge is 0.407 e. The van der Waals surface area contributed by atoms with E-state index < -0.39 is 11.7 Å². The van der Waals surface area contributed by atoms with Gasteiger partial charge in [-0.15, -0.1) is 0 Å². The molecule has 1 aliphatic carbocycles. The van der Waals surface area contributed by atoms with Crippen LogP contribution in [0.25, 0.3) is 10.9 Å². The number of aromatic nitrogens is 1. The van der Waals surface area contributed by atoms with Crippen LogP contribution >= 0.6 is 0 Å². The third kappa shape index (κ3) is 4.26. The van der Waals surface area contributed by atoms with Gasteiger partial charge in [-0.25, -0.2) is 4.79 Å². The van der Waals surface area contributed by atoms with Gasteiger partial charge in [0, 0.05) is 35.9 Å². The number of aromatic amines is 1. The first-order chi connectivity index (χ1) is 12.3.